The lowest BCUT2D eigenvalue weighted by atomic mass is 10.1. The minimum Gasteiger partial charge on any atom is -0.481 e. The Morgan fingerprint density at radius 1 is 0.701 bits per heavy atom. The van der Waals surface area contributed by atoms with E-state index in [4.69, 9.17) is 27.7 Å². The molecule has 5 atom stereocenters. The van der Waals surface area contributed by atoms with Gasteiger partial charge in [-0.3, -0.25) is 58.3 Å². The van der Waals surface area contributed by atoms with Gasteiger partial charge in [0.25, 0.3) is 11.5 Å². The van der Waals surface area contributed by atoms with E-state index in [2.05, 4.69) is 51.8 Å². The molecule has 3 aromatic rings. The lowest BCUT2D eigenvalue weighted by Crippen LogP contribution is -2.58. The van der Waals surface area contributed by atoms with Crippen molar-refractivity contribution in [2.45, 2.75) is 81.7 Å². The molecule has 0 saturated carbocycles. The Labute approximate surface area is 376 Å². The Balaban J connectivity index is 1.67. The highest BCUT2D eigenvalue weighted by Crippen LogP contribution is 2.13. The number of primary amides is 1. The van der Waals surface area contributed by atoms with Crippen molar-refractivity contribution in [2.75, 3.05) is 17.6 Å². The van der Waals surface area contributed by atoms with Gasteiger partial charge in [-0.25, -0.2) is 14.8 Å². The second kappa shape index (κ2) is 24.7. The van der Waals surface area contributed by atoms with Gasteiger partial charge in [0, 0.05) is 24.2 Å². The monoisotopic (exact) mass is 941 g/mol. The van der Waals surface area contributed by atoms with Crippen molar-refractivity contribution in [2.24, 2.45) is 11.5 Å². The van der Waals surface area contributed by atoms with Crippen LogP contribution in [0.25, 0.3) is 11.2 Å². The number of aromatic amines is 1. The molecule has 3 rings (SSSR count). The molecule has 0 aliphatic carbocycles. The van der Waals surface area contributed by atoms with E-state index in [1.165, 1.54) is 30.5 Å². The number of carboxylic acid groups (broad SMARTS) is 4. The van der Waals surface area contributed by atoms with Crippen LogP contribution in [0.4, 0.5) is 11.6 Å². The van der Waals surface area contributed by atoms with Crippen LogP contribution in [0, 0.1) is 5.41 Å². The third kappa shape index (κ3) is 17.6. The Morgan fingerprint density at radius 3 is 1.82 bits per heavy atom. The predicted molar refractivity (Wildman–Crippen MR) is 227 cm³/mol. The Bertz CT molecular complexity index is 2450. The summed E-state index contributed by atoms with van der Waals surface area (Å²) in [6.07, 6.45) is -3.44. The third-order valence-electron chi connectivity index (χ3n) is 9.07. The first kappa shape index (κ1) is 52.4. The minimum absolute atomic E-state index is 0.0127. The van der Waals surface area contributed by atoms with Crippen LogP contribution in [0.2, 0.25) is 0 Å². The van der Waals surface area contributed by atoms with E-state index in [-0.39, 0.29) is 48.6 Å². The number of nitrogens with one attached hydrogen (secondary N) is 9. The number of nitrogen functional groups attached to an aromatic ring is 1. The third-order valence-corrected chi connectivity index (χ3v) is 9.07. The number of rotatable bonds is 27. The second-order valence-electron chi connectivity index (χ2n) is 14.3. The fourth-order valence-corrected chi connectivity index (χ4v) is 5.81. The van der Waals surface area contributed by atoms with Gasteiger partial charge in [-0.15, -0.1) is 0 Å². The van der Waals surface area contributed by atoms with Gasteiger partial charge in [0.1, 0.15) is 30.2 Å². The normalized spacial score (nSPS) is 13.0. The van der Waals surface area contributed by atoms with Crippen molar-refractivity contribution in [1.82, 2.24) is 51.8 Å². The molecule has 30 nitrogen and oxygen atoms in total. The smallest absolute Gasteiger partial charge is 0.326 e. The van der Waals surface area contributed by atoms with Crippen LogP contribution in [0.5, 0.6) is 0 Å². The molecule has 2 heterocycles. The molecule has 0 fully saturated rings. The van der Waals surface area contributed by atoms with Crippen molar-refractivity contribution in [3.8, 4) is 0 Å². The van der Waals surface area contributed by atoms with Crippen molar-refractivity contribution >= 4 is 88.1 Å². The van der Waals surface area contributed by atoms with Gasteiger partial charge in [-0.1, -0.05) is 0 Å². The van der Waals surface area contributed by atoms with Gasteiger partial charge >= 0.3 is 23.9 Å². The predicted octanol–water partition coefficient (Wildman–Crippen LogP) is -5.02. The number of amides is 6. The van der Waals surface area contributed by atoms with Crippen LogP contribution in [-0.4, -0.2) is 142 Å². The zero-order chi connectivity index (χ0) is 50.0. The summed E-state index contributed by atoms with van der Waals surface area (Å²) in [6, 6.07) is -3.40. The number of H-pyrrole nitrogens is 1. The van der Waals surface area contributed by atoms with Crippen LogP contribution in [0.3, 0.4) is 0 Å². The van der Waals surface area contributed by atoms with Crippen molar-refractivity contribution < 1.29 is 68.4 Å². The minimum atomic E-state index is -1.99. The highest BCUT2D eigenvalue weighted by molar-refractivity contribution is 5.99. The Morgan fingerprint density at radius 2 is 1.25 bits per heavy atom. The number of hydrogen-bond donors (Lipinski definition) is 16. The number of nitrogens with two attached hydrogens (primary N) is 3. The number of anilines is 2. The van der Waals surface area contributed by atoms with E-state index in [0.717, 1.165) is 0 Å². The summed E-state index contributed by atoms with van der Waals surface area (Å²) in [5, 5.41) is 61.1. The lowest BCUT2D eigenvalue weighted by Gasteiger charge is -2.25. The maximum absolute atomic E-state index is 13.5. The van der Waals surface area contributed by atoms with Crippen molar-refractivity contribution in [3.63, 3.8) is 0 Å². The van der Waals surface area contributed by atoms with Gasteiger partial charge in [0.15, 0.2) is 17.1 Å². The molecule has 0 aliphatic rings. The van der Waals surface area contributed by atoms with Crippen molar-refractivity contribution in [3.05, 3.63) is 52.1 Å². The first-order valence-corrected chi connectivity index (χ1v) is 19.6. The van der Waals surface area contributed by atoms with E-state index in [1.54, 1.807) is 0 Å². The summed E-state index contributed by atoms with van der Waals surface area (Å²) in [7, 11) is 0. The zero-order valence-electron chi connectivity index (χ0n) is 35.0. The number of carbonyl (C=O) groups excluding carboxylic acids is 6. The standard InChI is InChI=1S/C37H47N15O15/c38-28(60)20(10-24(54)55)49-33(64)22(12-26(58)59)50-31(62)18(2-1-9-42-36(39)40)47-32(63)21(11-25(56)57)46-23(53)8-7-19(35(66)67)48-30(61)15-3-5-16(6-4-15)43-13-17-14-44-29-27(45-17)34(65)52-37(41)51-29/h3-6,14,18-22,43H,1-2,7-13H2,(H2,38,60)(H,46,53)(H,47,63)(H,48,61)(H,49,64)(H,50,62)(H,54,55)(H,56,57)(H,58,59)(H,66,67)(H4,39,40,42)(H3,41,44,51,52,65)/t18-,19-,20-,21-,22-/m0/s1. The molecule has 0 aliphatic heterocycles. The van der Waals surface area contributed by atoms with E-state index in [9.17, 15) is 68.1 Å². The number of benzene rings is 1. The molecule has 30 heteroatoms. The molecule has 0 unspecified atom stereocenters. The Hall–Kier alpha value is -8.99. The number of fused-ring (bicyclic) bond motifs is 1. The number of aliphatic carboxylic acids is 4. The van der Waals surface area contributed by atoms with E-state index in [0.29, 0.717) is 11.4 Å². The van der Waals surface area contributed by atoms with E-state index >= 15 is 0 Å². The number of aromatic nitrogens is 4. The molecule has 19 N–H and O–H groups in total. The van der Waals surface area contributed by atoms with Gasteiger partial charge in [0.05, 0.1) is 37.7 Å². The van der Waals surface area contributed by atoms with Gasteiger partial charge < -0.3 is 74.8 Å². The molecule has 6 amide bonds. The van der Waals surface area contributed by atoms with Gasteiger partial charge in [-0.2, -0.15) is 4.98 Å². The SMILES string of the molecule is N=C(N)NCCC[C@H](NC(=O)[C@H](CC(=O)O)NC(=O)CC[C@H](NC(=O)c1ccc(NCc2cnc3nc(N)[nH]c(=O)c3n2)cc1)C(=O)O)C(=O)N[C@@H](CC(=O)O)C(=O)N[C@@H](CC(=O)O)C(N)=O. The van der Waals surface area contributed by atoms with E-state index < -0.39 is 133 Å². The molecular weight excluding hydrogens is 894 g/mol. The molecular formula is C37H47N15O15. The summed E-state index contributed by atoms with van der Waals surface area (Å²) < 4.78 is 0. The van der Waals surface area contributed by atoms with Gasteiger partial charge in [-0.05, 0) is 43.5 Å². The first-order valence-electron chi connectivity index (χ1n) is 19.6. The van der Waals surface area contributed by atoms with Crippen LogP contribution >= 0.6 is 0 Å². The summed E-state index contributed by atoms with van der Waals surface area (Å²) >= 11 is 0. The quantitative estimate of drug-likeness (QED) is 0.0193. The molecule has 0 spiro atoms. The molecule has 2 aromatic heterocycles. The second-order valence-corrected chi connectivity index (χ2v) is 14.3. The van der Waals surface area contributed by atoms with Crippen LogP contribution in [0.15, 0.2) is 35.3 Å². The number of nitrogens with zero attached hydrogens (tertiary/aromatic N) is 3. The number of carbonyl (C=O) groups is 10. The maximum atomic E-state index is 13.5. The van der Waals surface area contributed by atoms with E-state index in [1.807, 2.05) is 5.32 Å². The summed E-state index contributed by atoms with van der Waals surface area (Å²) in [5.74, 6) is -14.1. The molecule has 0 radical (unpaired) electrons. The lowest BCUT2D eigenvalue weighted by molar-refractivity contribution is -0.143. The summed E-state index contributed by atoms with van der Waals surface area (Å²) in [6.45, 7) is 0.0347. The van der Waals surface area contributed by atoms with Crippen molar-refractivity contribution in [1.29, 1.82) is 5.41 Å². The maximum Gasteiger partial charge on any atom is 0.326 e. The fourth-order valence-electron chi connectivity index (χ4n) is 5.81. The molecule has 0 saturated heterocycles. The average Bonchev–Trinajstić information content (AvgIpc) is 3.23. The molecule has 67 heavy (non-hydrogen) atoms. The highest BCUT2D eigenvalue weighted by Gasteiger charge is 2.33. The number of guanidine groups is 1. The number of carboxylic acids is 4. The fraction of sp³-hybridized carbons (Fsp3) is 0.378. The van der Waals surface area contributed by atoms with Crippen LogP contribution in [0.1, 0.15) is 61.0 Å². The summed E-state index contributed by atoms with van der Waals surface area (Å²) in [4.78, 5) is 151. The number of hydrogen-bond acceptors (Lipinski definition) is 17. The van der Waals surface area contributed by atoms with Crippen LogP contribution in [-0.2, 0) is 49.7 Å². The average molecular weight is 942 g/mol. The van der Waals surface area contributed by atoms with Crippen LogP contribution < -0.4 is 60.0 Å². The molecule has 1 aromatic carbocycles. The zero-order valence-corrected chi connectivity index (χ0v) is 35.0. The molecule has 0 bridgehead atoms. The highest BCUT2D eigenvalue weighted by atomic mass is 16.4. The largest absolute Gasteiger partial charge is 0.481 e. The first-order chi connectivity index (χ1) is 31.5. The molecule has 360 valence electrons. The summed E-state index contributed by atoms with van der Waals surface area (Å²) in [5.41, 5.74) is 16.2. The van der Waals surface area contributed by atoms with Gasteiger partial charge in [0.2, 0.25) is 35.5 Å². The topological polar surface area (TPSA) is 509 Å². The Kier molecular flexibility index (Phi) is 19.3.